The molecule has 1 aliphatic heterocycles. The second-order valence-corrected chi connectivity index (χ2v) is 10.1. The number of rotatable bonds is 6. The van der Waals surface area contributed by atoms with Gasteiger partial charge >= 0.3 is 0 Å². The van der Waals surface area contributed by atoms with Crippen molar-refractivity contribution >= 4 is 43.4 Å². The van der Waals surface area contributed by atoms with Crippen molar-refractivity contribution in [2.24, 2.45) is 0 Å². The average molecular weight is 460 g/mol. The van der Waals surface area contributed by atoms with Crippen molar-refractivity contribution in [1.82, 2.24) is 15.0 Å². The van der Waals surface area contributed by atoms with Crippen molar-refractivity contribution < 1.29 is 4.74 Å². The third kappa shape index (κ3) is 3.93. The number of aromatic nitrogens is 3. The predicted octanol–water partition coefficient (Wildman–Crippen LogP) is 5.00. The highest BCUT2D eigenvalue weighted by Gasteiger charge is 2.27. The molecule has 1 aliphatic carbocycles. The van der Waals surface area contributed by atoms with Gasteiger partial charge in [0.1, 0.15) is 22.8 Å². The molecular formula is C26H29N5OS. The minimum absolute atomic E-state index is 0.316. The molecule has 0 spiro atoms. The molecule has 1 fully saturated rings. The summed E-state index contributed by atoms with van der Waals surface area (Å²) in [6, 6.07) is 11.0. The molecule has 0 unspecified atom stereocenters. The maximum absolute atomic E-state index is 5.58. The number of benzene rings is 1. The molecule has 6 nitrogen and oxygen atoms in total. The third-order valence-electron chi connectivity index (χ3n) is 6.85. The molecule has 1 saturated heterocycles. The normalized spacial score (nSPS) is 16.9. The first-order chi connectivity index (χ1) is 16.3. The number of pyridine rings is 1. The number of fused-ring (bicyclic) bond motifs is 5. The maximum Gasteiger partial charge on any atom is 0.147 e. The zero-order valence-electron chi connectivity index (χ0n) is 19.0. The summed E-state index contributed by atoms with van der Waals surface area (Å²) in [5.41, 5.74) is 5.31. The predicted molar refractivity (Wildman–Crippen MR) is 136 cm³/mol. The summed E-state index contributed by atoms with van der Waals surface area (Å²) in [5, 5.41) is 4.92. The Labute approximate surface area is 198 Å². The Hall–Kier alpha value is -2.77. The zero-order chi connectivity index (χ0) is 22.2. The van der Waals surface area contributed by atoms with Gasteiger partial charge in [0.15, 0.2) is 0 Å². The standard InChI is InChI=1S/C26H29N5OS/c1-17(10-11-18-6-3-2-4-7-18)29-24-23-22(27-16-28-24)21-19-8-5-9-20(19)25(30-26(21)33-23)31-12-14-32-15-13-31/h2-4,6-7,16-17H,5,8-15H2,1H3,(H,27,28,29)/t17-/m0/s1. The summed E-state index contributed by atoms with van der Waals surface area (Å²) >= 11 is 1.73. The smallest absolute Gasteiger partial charge is 0.147 e. The van der Waals surface area contributed by atoms with E-state index in [9.17, 15) is 0 Å². The summed E-state index contributed by atoms with van der Waals surface area (Å²) in [7, 11) is 0. The molecule has 4 heterocycles. The molecule has 4 aromatic rings. The Balaban J connectivity index is 1.34. The first kappa shape index (κ1) is 20.8. The number of thiophene rings is 1. The lowest BCUT2D eigenvalue weighted by atomic mass is 10.1. The van der Waals surface area contributed by atoms with E-state index in [2.05, 4.69) is 52.5 Å². The van der Waals surface area contributed by atoms with E-state index >= 15 is 0 Å². The van der Waals surface area contributed by atoms with Gasteiger partial charge in [-0.3, -0.25) is 0 Å². The highest BCUT2D eigenvalue weighted by atomic mass is 32.1. The fourth-order valence-electron chi connectivity index (χ4n) is 5.15. The lowest BCUT2D eigenvalue weighted by molar-refractivity contribution is 0.122. The van der Waals surface area contributed by atoms with Gasteiger partial charge in [-0.1, -0.05) is 30.3 Å². The number of hydrogen-bond donors (Lipinski definition) is 1. The van der Waals surface area contributed by atoms with Crippen LogP contribution >= 0.6 is 11.3 Å². The van der Waals surface area contributed by atoms with Gasteiger partial charge in [0, 0.05) is 24.5 Å². The van der Waals surface area contributed by atoms with Gasteiger partial charge in [-0.2, -0.15) is 0 Å². The van der Waals surface area contributed by atoms with E-state index < -0.39 is 0 Å². The van der Waals surface area contributed by atoms with Gasteiger partial charge in [0.2, 0.25) is 0 Å². The largest absolute Gasteiger partial charge is 0.378 e. The molecule has 33 heavy (non-hydrogen) atoms. The van der Waals surface area contributed by atoms with Gasteiger partial charge in [-0.05, 0) is 55.7 Å². The second kappa shape index (κ2) is 8.88. The number of ether oxygens (including phenoxy) is 1. The SMILES string of the molecule is C[C@@H](CCc1ccccc1)Nc1ncnc2c1sc1nc(N3CCOCC3)c3c(c12)CCC3. The molecular weight excluding hydrogens is 430 g/mol. The van der Waals surface area contributed by atoms with Crippen molar-refractivity contribution in [2.75, 3.05) is 36.5 Å². The highest BCUT2D eigenvalue weighted by molar-refractivity contribution is 7.26. The van der Waals surface area contributed by atoms with Gasteiger partial charge in [-0.15, -0.1) is 11.3 Å². The molecule has 2 aliphatic rings. The Morgan fingerprint density at radius 2 is 1.91 bits per heavy atom. The van der Waals surface area contributed by atoms with E-state index in [-0.39, 0.29) is 0 Å². The fraction of sp³-hybridized carbons (Fsp3) is 0.423. The molecule has 1 aromatic carbocycles. The first-order valence-corrected chi connectivity index (χ1v) is 12.8. The molecule has 0 bridgehead atoms. The Kier molecular flexibility index (Phi) is 5.60. The van der Waals surface area contributed by atoms with E-state index in [4.69, 9.17) is 14.7 Å². The van der Waals surface area contributed by atoms with Gasteiger partial charge in [-0.25, -0.2) is 15.0 Å². The van der Waals surface area contributed by atoms with Gasteiger partial charge < -0.3 is 15.0 Å². The summed E-state index contributed by atoms with van der Waals surface area (Å²) in [5.74, 6) is 2.10. The number of hydrogen-bond acceptors (Lipinski definition) is 7. The summed E-state index contributed by atoms with van der Waals surface area (Å²) in [6.07, 6.45) is 7.21. The molecule has 7 heteroatoms. The number of morpholine rings is 1. The van der Waals surface area contributed by atoms with Crippen LogP contribution in [-0.2, 0) is 24.0 Å². The van der Waals surface area contributed by atoms with E-state index in [0.29, 0.717) is 6.04 Å². The third-order valence-corrected chi connectivity index (χ3v) is 7.93. The summed E-state index contributed by atoms with van der Waals surface area (Å²) < 4.78 is 6.71. The molecule has 6 rings (SSSR count). The van der Waals surface area contributed by atoms with Crippen LogP contribution in [-0.4, -0.2) is 47.3 Å². The van der Waals surface area contributed by atoms with Crippen LogP contribution in [0.3, 0.4) is 0 Å². The number of nitrogens with zero attached hydrogens (tertiary/aromatic N) is 4. The molecule has 0 amide bonds. The first-order valence-electron chi connectivity index (χ1n) is 12.0. The fourth-order valence-corrected chi connectivity index (χ4v) is 6.26. The number of nitrogens with one attached hydrogen (secondary N) is 1. The van der Waals surface area contributed by atoms with Crippen LogP contribution < -0.4 is 10.2 Å². The van der Waals surface area contributed by atoms with Gasteiger partial charge in [0.05, 0.1) is 23.4 Å². The Morgan fingerprint density at radius 1 is 1.09 bits per heavy atom. The lowest BCUT2D eigenvalue weighted by Crippen LogP contribution is -2.37. The molecule has 1 atom stereocenters. The van der Waals surface area contributed by atoms with Crippen LogP contribution in [0.25, 0.3) is 20.4 Å². The molecule has 0 saturated carbocycles. The van der Waals surface area contributed by atoms with E-state index in [1.807, 2.05) is 0 Å². The zero-order valence-corrected chi connectivity index (χ0v) is 19.8. The van der Waals surface area contributed by atoms with Crippen molar-refractivity contribution in [2.45, 2.75) is 45.1 Å². The van der Waals surface area contributed by atoms with Crippen molar-refractivity contribution in [1.29, 1.82) is 0 Å². The van der Waals surface area contributed by atoms with Crippen molar-refractivity contribution in [3.63, 3.8) is 0 Å². The number of aryl methyl sites for hydroxylation is 2. The minimum atomic E-state index is 0.316. The van der Waals surface area contributed by atoms with Gasteiger partial charge in [0.25, 0.3) is 0 Å². The average Bonchev–Trinajstić information content (AvgIpc) is 3.48. The van der Waals surface area contributed by atoms with E-state index in [0.717, 1.165) is 72.9 Å². The van der Waals surface area contributed by atoms with Crippen molar-refractivity contribution in [3.05, 3.63) is 53.3 Å². The topological polar surface area (TPSA) is 63.2 Å². The number of anilines is 2. The molecule has 0 radical (unpaired) electrons. The summed E-state index contributed by atoms with van der Waals surface area (Å²) in [6.45, 7) is 5.63. The van der Waals surface area contributed by atoms with Crippen molar-refractivity contribution in [3.8, 4) is 0 Å². The minimum Gasteiger partial charge on any atom is -0.378 e. The highest BCUT2D eigenvalue weighted by Crippen LogP contribution is 2.43. The molecule has 170 valence electrons. The second-order valence-electron chi connectivity index (χ2n) is 9.10. The van der Waals surface area contributed by atoms with Crippen LogP contribution in [0.5, 0.6) is 0 Å². The van der Waals surface area contributed by atoms with Crippen LogP contribution in [0, 0.1) is 0 Å². The Morgan fingerprint density at radius 3 is 2.76 bits per heavy atom. The Bertz CT molecular complexity index is 1280. The van der Waals surface area contributed by atoms with Crippen LogP contribution in [0.2, 0.25) is 0 Å². The van der Waals surface area contributed by atoms with E-state index in [1.165, 1.54) is 34.3 Å². The quantitative estimate of drug-likeness (QED) is 0.438. The van der Waals surface area contributed by atoms with Crippen LogP contribution in [0.15, 0.2) is 36.7 Å². The monoisotopic (exact) mass is 459 g/mol. The molecule has 3 aromatic heterocycles. The molecule has 1 N–H and O–H groups in total. The lowest BCUT2D eigenvalue weighted by Gasteiger charge is -2.29. The van der Waals surface area contributed by atoms with Crippen LogP contribution in [0.4, 0.5) is 11.6 Å². The van der Waals surface area contributed by atoms with E-state index in [1.54, 1.807) is 17.7 Å². The summed E-state index contributed by atoms with van der Waals surface area (Å²) in [4.78, 5) is 18.1. The van der Waals surface area contributed by atoms with Crippen LogP contribution in [0.1, 0.15) is 36.5 Å². The maximum atomic E-state index is 5.58.